The molecule has 25 heavy (non-hydrogen) atoms. The average molecular weight is 328 g/mol. The Balaban J connectivity index is 1.80. The third-order valence-electron chi connectivity index (χ3n) is 4.72. The summed E-state index contributed by atoms with van der Waals surface area (Å²) in [4.78, 5) is 0. The minimum absolute atomic E-state index is 0.154. The fourth-order valence-electron chi connectivity index (χ4n) is 3.47. The maximum absolute atomic E-state index is 7.85. The molecule has 0 spiro atoms. The SMILES string of the molecule is [2H]C([2H])([2H])c1ccc(-c2cccc3c2oc2c4ccccc4ccc32)cc1C([2H])([2H])[2H]. The van der Waals surface area contributed by atoms with Crippen LogP contribution in [0.15, 0.2) is 77.2 Å². The molecule has 0 aliphatic carbocycles. The zero-order valence-electron chi connectivity index (χ0n) is 19.3. The molecule has 1 heterocycles. The van der Waals surface area contributed by atoms with Crippen LogP contribution in [0, 0.1) is 13.7 Å². The number of hydrogen-bond acceptors (Lipinski definition) is 1. The molecule has 5 rings (SSSR count). The van der Waals surface area contributed by atoms with Gasteiger partial charge < -0.3 is 4.42 Å². The summed E-state index contributed by atoms with van der Waals surface area (Å²) in [6.45, 7) is -5.05. The first-order valence-electron chi connectivity index (χ1n) is 11.1. The maximum atomic E-state index is 7.85. The fraction of sp³-hybridized carbons (Fsp3) is 0.0833. The predicted molar refractivity (Wildman–Crippen MR) is 106 cm³/mol. The summed E-state index contributed by atoms with van der Waals surface area (Å²) in [5, 5.41) is 3.98. The van der Waals surface area contributed by atoms with Crippen LogP contribution < -0.4 is 0 Å². The van der Waals surface area contributed by atoms with Crippen LogP contribution in [0.2, 0.25) is 0 Å². The summed E-state index contributed by atoms with van der Waals surface area (Å²) in [5.41, 5.74) is 2.43. The summed E-state index contributed by atoms with van der Waals surface area (Å²) < 4.78 is 53.0. The number of hydrogen-bond donors (Lipinski definition) is 0. The van der Waals surface area contributed by atoms with Crippen molar-refractivity contribution in [2.45, 2.75) is 13.7 Å². The van der Waals surface area contributed by atoms with Gasteiger partial charge in [0.1, 0.15) is 11.2 Å². The predicted octanol–water partition coefficient (Wildman–Crippen LogP) is 7.02. The highest BCUT2D eigenvalue weighted by Gasteiger charge is 2.14. The van der Waals surface area contributed by atoms with Crippen LogP contribution in [0.5, 0.6) is 0 Å². The van der Waals surface area contributed by atoms with Crippen LogP contribution in [-0.4, -0.2) is 0 Å². The number of para-hydroxylation sites is 1. The normalized spacial score (nSPS) is 16.2. The van der Waals surface area contributed by atoms with Gasteiger partial charge in [-0.3, -0.25) is 0 Å². The second kappa shape index (κ2) is 5.22. The molecule has 0 fully saturated rings. The minimum atomic E-state index is -2.54. The lowest BCUT2D eigenvalue weighted by Gasteiger charge is -2.06. The summed E-state index contributed by atoms with van der Waals surface area (Å²) >= 11 is 0. The molecular weight excluding hydrogens is 304 g/mol. The first-order valence-corrected chi connectivity index (χ1v) is 8.13. The number of furan rings is 1. The Morgan fingerprint density at radius 3 is 2.44 bits per heavy atom. The monoisotopic (exact) mass is 328 g/mol. The Morgan fingerprint density at radius 2 is 1.52 bits per heavy atom. The zero-order chi connectivity index (χ0) is 22.0. The van der Waals surface area contributed by atoms with Gasteiger partial charge in [0.05, 0.1) is 0 Å². The van der Waals surface area contributed by atoms with E-state index >= 15 is 0 Å². The largest absolute Gasteiger partial charge is 0.455 e. The minimum Gasteiger partial charge on any atom is -0.455 e. The summed E-state index contributed by atoms with van der Waals surface area (Å²) in [6, 6.07) is 22.3. The van der Waals surface area contributed by atoms with E-state index in [4.69, 9.17) is 12.6 Å². The van der Waals surface area contributed by atoms with E-state index < -0.39 is 13.7 Å². The van der Waals surface area contributed by atoms with Crippen molar-refractivity contribution in [2.24, 2.45) is 0 Å². The molecule has 0 aliphatic heterocycles. The van der Waals surface area contributed by atoms with Gasteiger partial charge in [-0.05, 0) is 41.8 Å². The van der Waals surface area contributed by atoms with Gasteiger partial charge >= 0.3 is 0 Å². The van der Waals surface area contributed by atoms with Gasteiger partial charge in [0.15, 0.2) is 0 Å². The van der Waals surface area contributed by atoms with E-state index in [2.05, 4.69) is 6.07 Å². The van der Waals surface area contributed by atoms with Gasteiger partial charge in [-0.15, -0.1) is 0 Å². The van der Waals surface area contributed by atoms with Gasteiger partial charge in [0, 0.05) is 29.9 Å². The molecule has 0 aliphatic rings. The smallest absolute Gasteiger partial charge is 0.143 e. The van der Waals surface area contributed by atoms with E-state index in [1.165, 1.54) is 12.1 Å². The Kier molecular flexibility index (Phi) is 1.97. The molecule has 1 heteroatoms. The number of rotatable bonds is 1. The second-order valence-electron chi connectivity index (χ2n) is 6.21. The van der Waals surface area contributed by atoms with Crippen molar-refractivity contribution in [1.82, 2.24) is 0 Å². The van der Waals surface area contributed by atoms with Crippen LogP contribution in [-0.2, 0) is 0 Å². The fourth-order valence-corrected chi connectivity index (χ4v) is 3.47. The van der Waals surface area contributed by atoms with Crippen LogP contribution in [0.4, 0.5) is 0 Å². The van der Waals surface area contributed by atoms with Crippen molar-refractivity contribution in [3.05, 3.63) is 83.9 Å². The first kappa shape index (κ1) is 9.43. The molecule has 0 N–H and O–H groups in total. The van der Waals surface area contributed by atoms with Crippen molar-refractivity contribution >= 4 is 32.7 Å². The van der Waals surface area contributed by atoms with Crippen LogP contribution >= 0.6 is 0 Å². The molecule has 0 bridgehead atoms. The van der Waals surface area contributed by atoms with Crippen LogP contribution in [0.3, 0.4) is 0 Å². The average Bonchev–Trinajstić information content (AvgIpc) is 3.11. The second-order valence-corrected chi connectivity index (χ2v) is 6.21. The van der Waals surface area contributed by atoms with Crippen LogP contribution in [0.25, 0.3) is 43.8 Å². The van der Waals surface area contributed by atoms with Gasteiger partial charge in [-0.2, -0.15) is 0 Å². The highest BCUT2D eigenvalue weighted by molar-refractivity contribution is 6.17. The van der Waals surface area contributed by atoms with Crippen molar-refractivity contribution < 1.29 is 12.6 Å². The Hall–Kier alpha value is -3.06. The maximum Gasteiger partial charge on any atom is 0.143 e. The quantitative estimate of drug-likeness (QED) is 0.322. The summed E-state index contributed by atoms with van der Waals surface area (Å²) in [5.74, 6) is 0. The molecule has 4 aromatic carbocycles. The van der Waals surface area contributed by atoms with E-state index in [1.807, 2.05) is 48.5 Å². The number of fused-ring (bicyclic) bond motifs is 5. The standard InChI is InChI=1S/C24H18O/c1-15-10-11-18(14-16(15)2)20-8-5-9-21-22-13-12-17-6-3-4-7-19(17)23(22)25-24(20)21/h3-14H,1-2H3/i1D3,2D3. The highest BCUT2D eigenvalue weighted by atomic mass is 16.3. The molecule has 0 radical (unpaired) electrons. The van der Waals surface area contributed by atoms with Crippen molar-refractivity contribution in [2.75, 3.05) is 0 Å². The van der Waals surface area contributed by atoms with Crippen molar-refractivity contribution in [3.63, 3.8) is 0 Å². The molecule has 0 unspecified atom stereocenters. The summed E-state index contributed by atoms with van der Waals surface area (Å²) in [7, 11) is 0. The Labute approximate surface area is 154 Å². The van der Waals surface area contributed by atoms with E-state index in [0.717, 1.165) is 32.7 Å². The number of benzene rings is 4. The molecule has 5 aromatic rings. The topological polar surface area (TPSA) is 13.1 Å². The highest BCUT2D eigenvalue weighted by Crippen LogP contribution is 2.38. The van der Waals surface area contributed by atoms with Gasteiger partial charge in [0.25, 0.3) is 0 Å². The molecule has 0 saturated carbocycles. The third kappa shape index (κ3) is 2.09. The molecular formula is C24H18O. The Morgan fingerprint density at radius 1 is 0.680 bits per heavy atom. The lowest BCUT2D eigenvalue weighted by atomic mass is 9.98. The third-order valence-corrected chi connectivity index (χ3v) is 4.72. The summed E-state index contributed by atoms with van der Waals surface area (Å²) in [6.07, 6.45) is 0. The van der Waals surface area contributed by atoms with E-state index in [9.17, 15) is 0 Å². The molecule has 0 atom stereocenters. The molecule has 1 nitrogen and oxygen atoms in total. The zero-order valence-corrected chi connectivity index (χ0v) is 13.3. The van der Waals surface area contributed by atoms with Gasteiger partial charge in [-0.1, -0.05) is 66.7 Å². The molecule has 120 valence electrons. The molecule has 0 amide bonds. The van der Waals surface area contributed by atoms with Crippen molar-refractivity contribution in [1.29, 1.82) is 0 Å². The van der Waals surface area contributed by atoms with E-state index in [0.29, 0.717) is 11.1 Å². The van der Waals surface area contributed by atoms with E-state index in [-0.39, 0.29) is 11.1 Å². The molecule has 0 saturated heterocycles. The first-order chi connectivity index (χ1) is 14.6. The molecule has 1 aromatic heterocycles. The van der Waals surface area contributed by atoms with Gasteiger partial charge in [0.2, 0.25) is 0 Å². The lowest BCUT2D eigenvalue weighted by Crippen LogP contribution is -1.84. The Bertz CT molecular complexity index is 1460. The van der Waals surface area contributed by atoms with Crippen LogP contribution in [0.1, 0.15) is 19.4 Å². The van der Waals surface area contributed by atoms with Gasteiger partial charge in [-0.25, -0.2) is 0 Å². The van der Waals surface area contributed by atoms with E-state index in [1.54, 1.807) is 6.07 Å². The van der Waals surface area contributed by atoms with Crippen molar-refractivity contribution in [3.8, 4) is 11.1 Å². The lowest BCUT2D eigenvalue weighted by molar-refractivity contribution is 0.674. The number of aryl methyl sites for hydroxylation is 2.